The predicted molar refractivity (Wildman–Crippen MR) is 81.8 cm³/mol. The summed E-state index contributed by atoms with van der Waals surface area (Å²) in [5, 5.41) is 3.78. The van der Waals surface area contributed by atoms with Crippen LogP contribution in [0.1, 0.15) is 46.1 Å². The molecule has 0 amide bonds. The highest BCUT2D eigenvalue weighted by Crippen LogP contribution is 2.40. The van der Waals surface area contributed by atoms with E-state index in [4.69, 9.17) is 4.52 Å². The molecule has 128 valence electrons. The van der Waals surface area contributed by atoms with Crippen molar-refractivity contribution in [2.24, 2.45) is 0 Å². The Morgan fingerprint density at radius 3 is 2.75 bits per heavy atom. The first-order chi connectivity index (χ1) is 11.3. The minimum Gasteiger partial charge on any atom is -0.367 e. The van der Waals surface area contributed by atoms with Crippen molar-refractivity contribution < 1.29 is 27.2 Å². The number of ether oxygens (including phenoxy) is 1. The summed E-state index contributed by atoms with van der Waals surface area (Å²) < 4.78 is 47.1. The van der Waals surface area contributed by atoms with Crippen LogP contribution in [0.4, 0.5) is 13.2 Å². The first-order valence-corrected chi connectivity index (χ1v) is 8.07. The van der Waals surface area contributed by atoms with Gasteiger partial charge in [-0.05, 0) is 36.6 Å². The summed E-state index contributed by atoms with van der Waals surface area (Å²) in [7, 11) is 0. The van der Waals surface area contributed by atoms with Crippen LogP contribution in [0.15, 0.2) is 33.3 Å². The van der Waals surface area contributed by atoms with Gasteiger partial charge in [0.05, 0.1) is 6.61 Å². The third kappa shape index (κ3) is 4.24. The average molecular weight is 404 g/mol. The summed E-state index contributed by atoms with van der Waals surface area (Å²) in [5.74, 6) is 0.590. The van der Waals surface area contributed by atoms with Crippen molar-refractivity contribution in [3.8, 4) is 0 Å². The Labute approximate surface area is 144 Å². The van der Waals surface area contributed by atoms with Crippen LogP contribution < -0.4 is 0 Å². The van der Waals surface area contributed by atoms with E-state index in [0.717, 1.165) is 12.8 Å². The van der Waals surface area contributed by atoms with E-state index in [0.29, 0.717) is 21.7 Å². The fraction of sp³-hybridized carbons (Fsp3) is 0.375. The Balaban J connectivity index is 1.79. The standard InChI is InChI=1S/C16H13BrF3NO3/c17-11-3-4-12(10(5-11)7-23-8-16(18,19)20)15(22)13-6-14(24-21-13)9-1-2-9/h3-6,9H,1-2,7-8H2. The lowest BCUT2D eigenvalue weighted by atomic mass is 10.0. The zero-order valence-electron chi connectivity index (χ0n) is 12.4. The van der Waals surface area contributed by atoms with Gasteiger partial charge in [0.2, 0.25) is 5.78 Å². The fourth-order valence-electron chi connectivity index (χ4n) is 2.27. The summed E-state index contributed by atoms with van der Waals surface area (Å²) in [4.78, 5) is 12.6. The minimum atomic E-state index is -4.42. The van der Waals surface area contributed by atoms with E-state index < -0.39 is 18.6 Å². The fourth-order valence-corrected chi connectivity index (χ4v) is 2.68. The number of carbonyl (C=O) groups is 1. The molecule has 0 atom stereocenters. The largest absolute Gasteiger partial charge is 0.411 e. The quantitative estimate of drug-likeness (QED) is 0.660. The van der Waals surface area contributed by atoms with Gasteiger partial charge in [-0.3, -0.25) is 4.79 Å². The second-order valence-electron chi connectivity index (χ2n) is 5.63. The number of halogens is 4. The molecular formula is C16H13BrF3NO3. The van der Waals surface area contributed by atoms with E-state index in [1.165, 1.54) is 6.07 Å². The molecule has 0 radical (unpaired) electrons. The molecule has 2 aromatic rings. The van der Waals surface area contributed by atoms with E-state index in [-0.39, 0.29) is 17.9 Å². The number of carbonyl (C=O) groups excluding carboxylic acids is 1. The van der Waals surface area contributed by atoms with Crippen LogP contribution in [0.5, 0.6) is 0 Å². The van der Waals surface area contributed by atoms with Crippen molar-refractivity contribution in [2.75, 3.05) is 6.61 Å². The topological polar surface area (TPSA) is 52.3 Å². The molecule has 1 aliphatic carbocycles. The van der Waals surface area contributed by atoms with E-state index in [9.17, 15) is 18.0 Å². The highest BCUT2D eigenvalue weighted by molar-refractivity contribution is 9.10. The zero-order chi connectivity index (χ0) is 17.3. The Bertz CT molecular complexity index is 753. The van der Waals surface area contributed by atoms with Gasteiger partial charge in [0.15, 0.2) is 5.69 Å². The predicted octanol–water partition coefficient (Wildman–Crippen LogP) is 4.62. The van der Waals surface area contributed by atoms with Crippen LogP contribution in [0.3, 0.4) is 0 Å². The number of ketones is 1. The molecule has 0 spiro atoms. The molecule has 0 N–H and O–H groups in total. The van der Waals surface area contributed by atoms with Gasteiger partial charge < -0.3 is 9.26 Å². The van der Waals surface area contributed by atoms with E-state index in [1.54, 1.807) is 18.2 Å². The van der Waals surface area contributed by atoms with Gasteiger partial charge in [-0.25, -0.2) is 0 Å². The summed E-state index contributed by atoms with van der Waals surface area (Å²) >= 11 is 3.24. The molecule has 0 bridgehead atoms. The number of aromatic nitrogens is 1. The lowest BCUT2D eigenvalue weighted by Gasteiger charge is -2.11. The number of alkyl halides is 3. The minimum absolute atomic E-state index is 0.149. The number of rotatable bonds is 6. The molecule has 1 heterocycles. The first-order valence-electron chi connectivity index (χ1n) is 7.28. The molecule has 3 rings (SSSR count). The number of nitrogens with zero attached hydrogens (tertiary/aromatic N) is 1. The Morgan fingerprint density at radius 2 is 2.08 bits per heavy atom. The van der Waals surface area contributed by atoms with E-state index in [2.05, 4.69) is 25.8 Å². The molecular weight excluding hydrogens is 391 g/mol. The number of benzene rings is 1. The smallest absolute Gasteiger partial charge is 0.367 e. The Hall–Kier alpha value is -1.67. The van der Waals surface area contributed by atoms with Crippen molar-refractivity contribution in [2.45, 2.75) is 31.5 Å². The molecule has 1 fully saturated rings. The SMILES string of the molecule is O=C(c1cc(C2CC2)on1)c1ccc(Br)cc1COCC(F)(F)F. The summed E-state index contributed by atoms with van der Waals surface area (Å²) in [6, 6.07) is 6.33. The maximum atomic E-state index is 12.6. The van der Waals surface area contributed by atoms with Crippen LogP contribution in [0.2, 0.25) is 0 Å². The second-order valence-corrected chi connectivity index (χ2v) is 6.54. The van der Waals surface area contributed by atoms with Crippen LogP contribution >= 0.6 is 15.9 Å². The molecule has 0 unspecified atom stereocenters. The van der Waals surface area contributed by atoms with Gasteiger partial charge in [0, 0.05) is 22.0 Å². The summed E-state index contributed by atoms with van der Waals surface area (Å²) in [5.41, 5.74) is 0.752. The van der Waals surface area contributed by atoms with Crippen LogP contribution in [0, 0.1) is 0 Å². The van der Waals surface area contributed by atoms with Crippen LogP contribution in [-0.4, -0.2) is 23.7 Å². The molecule has 0 aliphatic heterocycles. The molecule has 24 heavy (non-hydrogen) atoms. The first kappa shape index (κ1) is 17.2. The lowest BCUT2D eigenvalue weighted by molar-refractivity contribution is -0.176. The third-order valence-electron chi connectivity index (χ3n) is 3.58. The van der Waals surface area contributed by atoms with Crippen molar-refractivity contribution >= 4 is 21.7 Å². The van der Waals surface area contributed by atoms with Crippen LogP contribution in [0.25, 0.3) is 0 Å². The van der Waals surface area contributed by atoms with Gasteiger partial charge >= 0.3 is 6.18 Å². The van der Waals surface area contributed by atoms with E-state index >= 15 is 0 Å². The molecule has 1 saturated carbocycles. The van der Waals surface area contributed by atoms with Crippen molar-refractivity contribution in [1.82, 2.24) is 5.16 Å². The van der Waals surface area contributed by atoms with Gasteiger partial charge in [-0.2, -0.15) is 13.2 Å². The number of hydrogen-bond acceptors (Lipinski definition) is 4. The Morgan fingerprint density at radius 1 is 1.33 bits per heavy atom. The maximum absolute atomic E-state index is 12.6. The molecule has 1 aromatic heterocycles. The molecule has 8 heteroatoms. The zero-order valence-corrected chi connectivity index (χ0v) is 14.0. The summed E-state index contributed by atoms with van der Waals surface area (Å²) in [6.45, 7) is -1.70. The average Bonchev–Trinajstić information content (AvgIpc) is 3.23. The molecule has 1 aromatic carbocycles. The summed E-state index contributed by atoms with van der Waals surface area (Å²) in [6.07, 6.45) is -2.39. The van der Waals surface area contributed by atoms with Crippen molar-refractivity contribution in [1.29, 1.82) is 0 Å². The normalized spacial score (nSPS) is 14.8. The number of hydrogen-bond donors (Lipinski definition) is 0. The maximum Gasteiger partial charge on any atom is 0.411 e. The third-order valence-corrected chi connectivity index (χ3v) is 4.07. The molecule has 0 saturated heterocycles. The Kier molecular flexibility index (Phi) is 4.78. The lowest BCUT2D eigenvalue weighted by Crippen LogP contribution is -2.17. The van der Waals surface area contributed by atoms with Gasteiger partial charge in [0.25, 0.3) is 0 Å². The van der Waals surface area contributed by atoms with Gasteiger partial charge in [0.1, 0.15) is 12.4 Å². The van der Waals surface area contributed by atoms with E-state index in [1.807, 2.05) is 0 Å². The van der Waals surface area contributed by atoms with Crippen molar-refractivity contribution in [3.63, 3.8) is 0 Å². The monoisotopic (exact) mass is 403 g/mol. The highest BCUT2D eigenvalue weighted by Gasteiger charge is 2.30. The molecule has 1 aliphatic rings. The van der Waals surface area contributed by atoms with Gasteiger partial charge in [-0.15, -0.1) is 0 Å². The highest BCUT2D eigenvalue weighted by atomic mass is 79.9. The van der Waals surface area contributed by atoms with Crippen molar-refractivity contribution in [3.05, 3.63) is 51.3 Å². The molecule has 4 nitrogen and oxygen atoms in total. The second kappa shape index (κ2) is 6.68. The van der Waals surface area contributed by atoms with Crippen LogP contribution in [-0.2, 0) is 11.3 Å². The van der Waals surface area contributed by atoms with Gasteiger partial charge in [-0.1, -0.05) is 21.1 Å².